The van der Waals surface area contributed by atoms with Crippen molar-refractivity contribution >= 4 is 17.8 Å². The van der Waals surface area contributed by atoms with Crippen LogP contribution in [0.15, 0.2) is 29.3 Å². The van der Waals surface area contributed by atoms with Gasteiger partial charge in [-0.1, -0.05) is 12.1 Å². The van der Waals surface area contributed by atoms with Gasteiger partial charge in [-0.25, -0.2) is 9.59 Å². The molecule has 8 heteroatoms. The maximum Gasteiger partial charge on any atom is 0.316 e. The summed E-state index contributed by atoms with van der Waals surface area (Å²) in [5.74, 6) is 0. The van der Waals surface area contributed by atoms with Crippen molar-refractivity contribution in [2.45, 2.75) is 6.10 Å². The molecule has 2 amide bonds. The number of anilines is 1. The van der Waals surface area contributed by atoms with Gasteiger partial charge in [-0.2, -0.15) is 4.99 Å². The minimum atomic E-state index is -0.811. The summed E-state index contributed by atoms with van der Waals surface area (Å²) in [6, 6.07) is 7.07. The highest BCUT2D eigenvalue weighted by Crippen LogP contribution is 2.19. The minimum Gasteiger partial charge on any atom is -0.387 e. The lowest BCUT2D eigenvalue weighted by Crippen LogP contribution is -2.37. The molecule has 1 unspecified atom stereocenters. The van der Waals surface area contributed by atoms with Crippen LogP contribution in [0, 0.1) is 0 Å². The highest BCUT2D eigenvalue weighted by molar-refractivity contribution is 5.73. The summed E-state index contributed by atoms with van der Waals surface area (Å²) in [5.41, 5.74) is 1.80. The Morgan fingerprint density at radius 2 is 2.00 bits per heavy atom. The number of urea groups is 1. The SMILES string of the molecule is O=C=NCNC(=O)NCC(O)c1ccc(N2CCOCC2)cc1. The van der Waals surface area contributed by atoms with Gasteiger partial charge in [0.05, 0.1) is 19.3 Å². The number of ether oxygens (including phenoxy) is 1. The van der Waals surface area contributed by atoms with Crippen molar-refractivity contribution in [2.75, 3.05) is 44.4 Å². The summed E-state index contributed by atoms with van der Waals surface area (Å²) < 4.78 is 5.32. The highest BCUT2D eigenvalue weighted by atomic mass is 16.5. The molecule has 1 aliphatic heterocycles. The molecular formula is C15H20N4O4. The Labute approximate surface area is 134 Å². The van der Waals surface area contributed by atoms with Crippen LogP contribution >= 0.6 is 0 Å². The van der Waals surface area contributed by atoms with Gasteiger partial charge in [0.25, 0.3) is 0 Å². The number of morpholine rings is 1. The monoisotopic (exact) mass is 320 g/mol. The summed E-state index contributed by atoms with van der Waals surface area (Å²) in [5, 5.41) is 14.9. The van der Waals surface area contributed by atoms with Crippen LogP contribution in [0.2, 0.25) is 0 Å². The number of aliphatic hydroxyl groups excluding tert-OH is 1. The fourth-order valence-electron chi connectivity index (χ4n) is 2.24. The number of hydrogen-bond acceptors (Lipinski definition) is 6. The highest BCUT2D eigenvalue weighted by Gasteiger charge is 2.13. The lowest BCUT2D eigenvalue weighted by Gasteiger charge is -2.29. The van der Waals surface area contributed by atoms with E-state index in [1.807, 2.05) is 24.3 Å². The Bertz CT molecular complexity index is 551. The molecule has 1 fully saturated rings. The van der Waals surface area contributed by atoms with Crippen molar-refractivity contribution < 1.29 is 19.4 Å². The van der Waals surface area contributed by atoms with Crippen molar-refractivity contribution in [3.05, 3.63) is 29.8 Å². The number of benzene rings is 1. The van der Waals surface area contributed by atoms with Gasteiger partial charge in [0.2, 0.25) is 6.08 Å². The van der Waals surface area contributed by atoms with Gasteiger partial charge in [0.1, 0.15) is 6.67 Å². The van der Waals surface area contributed by atoms with Crippen LogP contribution < -0.4 is 15.5 Å². The van der Waals surface area contributed by atoms with Crippen molar-refractivity contribution in [3.8, 4) is 0 Å². The molecule has 1 atom stereocenters. The Balaban J connectivity index is 1.81. The van der Waals surface area contributed by atoms with E-state index in [1.165, 1.54) is 6.08 Å². The van der Waals surface area contributed by atoms with Gasteiger partial charge in [-0.05, 0) is 17.7 Å². The van der Waals surface area contributed by atoms with Crippen molar-refractivity contribution in [2.24, 2.45) is 4.99 Å². The predicted octanol–water partition coefficient (Wildman–Crippen LogP) is 0.149. The Kier molecular flexibility index (Phi) is 6.56. The second kappa shape index (κ2) is 8.89. The van der Waals surface area contributed by atoms with Gasteiger partial charge < -0.3 is 25.4 Å². The summed E-state index contributed by atoms with van der Waals surface area (Å²) in [4.78, 5) is 26.7. The maximum absolute atomic E-state index is 11.4. The first-order chi connectivity index (χ1) is 11.2. The average molecular weight is 320 g/mol. The molecule has 3 N–H and O–H groups in total. The molecule has 1 aromatic carbocycles. The summed E-state index contributed by atoms with van der Waals surface area (Å²) >= 11 is 0. The lowest BCUT2D eigenvalue weighted by atomic mass is 10.1. The third-order valence-corrected chi connectivity index (χ3v) is 3.49. The van der Waals surface area contributed by atoms with Gasteiger partial charge in [0, 0.05) is 25.3 Å². The fourth-order valence-corrected chi connectivity index (χ4v) is 2.24. The summed E-state index contributed by atoms with van der Waals surface area (Å²) in [7, 11) is 0. The Morgan fingerprint density at radius 1 is 1.30 bits per heavy atom. The third-order valence-electron chi connectivity index (χ3n) is 3.49. The number of isocyanates is 1. The van der Waals surface area contributed by atoms with E-state index in [1.54, 1.807) is 0 Å². The van der Waals surface area contributed by atoms with Crippen LogP contribution in [0.5, 0.6) is 0 Å². The van der Waals surface area contributed by atoms with Gasteiger partial charge >= 0.3 is 6.03 Å². The molecule has 1 saturated heterocycles. The zero-order chi connectivity index (χ0) is 16.5. The molecular weight excluding hydrogens is 300 g/mol. The Hall–Kier alpha value is -2.41. The number of nitrogens with one attached hydrogen (secondary N) is 2. The maximum atomic E-state index is 11.4. The van der Waals surface area contributed by atoms with Crippen molar-refractivity contribution in [3.63, 3.8) is 0 Å². The molecule has 1 aliphatic rings. The van der Waals surface area contributed by atoms with E-state index in [9.17, 15) is 14.7 Å². The van der Waals surface area contributed by atoms with E-state index >= 15 is 0 Å². The smallest absolute Gasteiger partial charge is 0.316 e. The van der Waals surface area contributed by atoms with Crippen LogP contribution in [-0.4, -0.2) is 56.7 Å². The fraction of sp³-hybridized carbons (Fsp3) is 0.467. The topological polar surface area (TPSA) is 103 Å². The number of amides is 2. The molecule has 1 aromatic rings. The standard InChI is InChI=1S/C15H20N4O4/c20-11-16-10-18-15(22)17-9-14(21)12-1-3-13(4-2-12)19-5-7-23-8-6-19/h1-4,14,21H,5-10H2,(H2,17,18,22). The van der Waals surface area contributed by atoms with Crippen LogP contribution in [0.4, 0.5) is 10.5 Å². The van der Waals surface area contributed by atoms with Crippen LogP contribution in [-0.2, 0) is 9.53 Å². The van der Waals surface area contributed by atoms with Gasteiger partial charge in [-0.3, -0.25) is 0 Å². The summed E-state index contributed by atoms with van der Waals surface area (Å²) in [6.45, 7) is 3.07. The number of nitrogens with zero attached hydrogens (tertiary/aromatic N) is 2. The molecule has 8 nitrogen and oxygen atoms in total. The first kappa shape index (κ1) is 17.0. The van der Waals surface area contributed by atoms with Crippen molar-refractivity contribution in [1.82, 2.24) is 10.6 Å². The molecule has 0 aliphatic carbocycles. The van der Waals surface area contributed by atoms with Crippen LogP contribution in [0.1, 0.15) is 11.7 Å². The number of carbonyl (C=O) groups excluding carboxylic acids is 2. The minimum absolute atomic E-state index is 0.0630. The average Bonchev–Trinajstić information content (AvgIpc) is 2.61. The molecule has 2 rings (SSSR count). The van der Waals surface area contributed by atoms with Crippen molar-refractivity contribution in [1.29, 1.82) is 0 Å². The largest absolute Gasteiger partial charge is 0.387 e. The normalized spacial score (nSPS) is 15.4. The zero-order valence-corrected chi connectivity index (χ0v) is 12.7. The molecule has 0 radical (unpaired) electrons. The predicted molar refractivity (Wildman–Crippen MR) is 84.0 cm³/mol. The van der Waals surface area contributed by atoms with E-state index in [-0.39, 0.29) is 13.2 Å². The second-order valence-corrected chi connectivity index (χ2v) is 5.00. The van der Waals surface area contributed by atoms with E-state index in [0.717, 1.165) is 32.0 Å². The van der Waals surface area contributed by atoms with E-state index in [4.69, 9.17) is 4.74 Å². The van der Waals surface area contributed by atoms with Crippen LogP contribution in [0.25, 0.3) is 0 Å². The molecule has 1 heterocycles. The molecule has 23 heavy (non-hydrogen) atoms. The number of aliphatic hydroxyl groups is 1. The third kappa shape index (κ3) is 5.37. The second-order valence-electron chi connectivity index (χ2n) is 5.00. The molecule has 0 bridgehead atoms. The number of carbonyl (C=O) groups is 1. The molecule has 0 aromatic heterocycles. The molecule has 0 spiro atoms. The molecule has 0 saturated carbocycles. The first-order valence-electron chi connectivity index (χ1n) is 7.37. The lowest BCUT2D eigenvalue weighted by molar-refractivity contribution is 0.122. The number of hydrogen-bond donors (Lipinski definition) is 3. The van der Waals surface area contributed by atoms with Crippen LogP contribution in [0.3, 0.4) is 0 Å². The summed E-state index contributed by atoms with van der Waals surface area (Å²) in [6.07, 6.45) is 0.506. The number of rotatable bonds is 6. The van der Waals surface area contributed by atoms with E-state index in [2.05, 4.69) is 20.5 Å². The quantitative estimate of drug-likeness (QED) is 0.511. The first-order valence-corrected chi connectivity index (χ1v) is 7.37. The van der Waals surface area contributed by atoms with E-state index < -0.39 is 12.1 Å². The van der Waals surface area contributed by atoms with Gasteiger partial charge in [0.15, 0.2) is 0 Å². The van der Waals surface area contributed by atoms with Gasteiger partial charge in [-0.15, -0.1) is 0 Å². The van der Waals surface area contributed by atoms with E-state index in [0.29, 0.717) is 5.56 Å². The molecule has 124 valence electrons. The Morgan fingerprint density at radius 3 is 2.65 bits per heavy atom. The number of aliphatic imine (C=N–C) groups is 1. The zero-order valence-electron chi connectivity index (χ0n) is 12.7.